The van der Waals surface area contributed by atoms with Crippen LogP contribution in [0.2, 0.25) is 0 Å². The van der Waals surface area contributed by atoms with Crippen LogP contribution in [0.25, 0.3) is 0 Å². The second kappa shape index (κ2) is 8.18. The molecule has 0 aliphatic rings. The Balaban J connectivity index is 1.69. The fraction of sp³-hybridized carbons (Fsp3) is 0.150. The van der Waals surface area contributed by atoms with Gasteiger partial charge >= 0.3 is 0 Å². The highest BCUT2D eigenvalue weighted by molar-refractivity contribution is 6.03. The Morgan fingerprint density at radius 2 is 1.63 bits per heavy atom. The molecule has 0 atom stereocenters. The summed E-state index contributed by atoms with van der Waals surface area (Å²) < 4.78 is 5.14. The molecule has 138 valence electrons. The molecule has 0 radical (unpaired) electrons. The molecular weight excluding hydrogens is 342 g/mol. The van der Waals surface area contributed by atoms with Crippen molar-refractivity contribution < 1.29 is 9.53 Å². The predicted octanol–water partition coefficient (Wildman–Crippen LogP) is 3.55. The maximum atomic E-state index is 12.5. The number of anilines is 4. The molecule has 0 aliphatic carbocycles. The Morgan fingerprint density at radius 3 is 2.26 bits per heavy atom. The number of hydrogen-bond donors (Lipinski definition) is 2. The Kier molecular flexibility index (Phi) is 5.51. The van der Waals surface area contributed by atoms with Crippen LogP contribution in [-0.4, -0.2) is 37.1 Å². The Hall–Kier alpha value is -3.61. The normalized spacial score (nSPS) is 10.2. The maximum Gasteiger partial charge on any atom is 0.274 e. The monoisotopic (exact) mass is 363 g/mol. The number of rotatable bonds is 6. The van der Waals surface area contributed by atoms with E-state index in [0.29, 0.717) is 11.5 Å². The molecule has 3 rings (SSSR count). The number of carbonyl (C=O) groups excluding carboxylic acids is 1. The number of amides is 1. The quantitative estimate of drug-likeness (QED) is 0.697. The van der Waals surface area contributed by atoms with E-state index in [9.17, 15) is 4.79 Å². The van der Waals surface area contributed by atoms with Crippen molar-refractivity contribution in [3.63, 3.8) is 0 Å². The molecule has 1 amide bonds. The maximum absolute atomic E-state index is 12.5. The molecular formula is C20H21N5O2. The molecule has 0 fully saturated rings. The smallest absolute Gasteiger partial charge is 0.274 e. The number of methoxy groups -OCH3 is 1. The minimum Gasteiger partial charge on any atom is -0.497 e. The molecule has 27 heavy (non-hydrogen) atoms. The van der Waals surface area contributed by atoms with Crippen LogP contribution in [0.1, 0.15) is 10.5 Å². The lowest BCUT2D eigenvalue weighted by Gasteiger charge is -2.13. The summed E-state index contributed by atoms with van der Waals surface area (Å²) in [6.07, 6.45) is 1.36. The average Bonchev–Trinajstić information content (AvgIpc) is 2.69. The van der Waals surface area contributed by atoms with Gasteiger partial charge in [0.05, 0.1) is 7.11 Å². The molecule has 0 saturated heterocycles. The molecule has 3 aromatic rings. The fourth-order valence-corrected chi connectivity index (χ4v) is 2.41. The molecule has 1 heterocycles. The Morgan fingerprint density at radius 1 is 0.963 bits per heavy atom. The second-order valence-corrected chi connectivity index (χ2v) is 6.04. The second-order valence-electron chi connectivity index (χ2n) is 6.04. The summed E-state index contributed by atoms with van der Waals surface area (Å²) in [7, 11) is 5.55. The molecule has 0 bridgehead atoms. The van der Waals surface area contributed by atoms with Gasteiger partial charge in [-0.05, 0) is 48.5 Å². The number of benzene rings is 2. The van der Waals surface area contributed by atoms with Crippen LogP contribution in [0.5, 0.6) is 5.75 Å². The first-order valence-electron chi connectivity index (χ1n) is 8.37. The van der Waals surface area contributed by atoms with Gasteiger partial charge in [-0.2, -0.15) is 0 Å². The minimum atomic E-state index is -0.298. The van der Waals surface area contributed by atoms with Gasteiger partial charge < -0.3 is 20.3 Å². The molecule has 2 aromatic carbocycles. The average molecular weight is 363 g/mol. The number of nitrogens with zero attached hydrogens (tertiary/aromatic N) is 3. The van der Waals surface area contributed by atoms with Crippen LogP contribution in [0.4, 0.5) is 22.9 Å². The van der Waals surface area contributed by atoms with Crippen LogP contribution in [0.3, 0.4) is 0 Å². The number of hydrogen-bond acceptors (Lipinski definition) is 6. The summed E-state index contributed by atoms with van der Waals surface area (Å²) in [5.41, 5.74) is 2.87. The summed E-state index contributed by atoms with van der Waals surface area (Å²) in [5, 5.41) is 5.98. The van der Waals surface area contributed by atoms with E-state index in [1.54, 1.807) is 13.2 Å². The van der Waals surface area contributed by atoms with Crippen molar-refractivity contribution in [2.45, 2.75) is 0 Å². The van der Waals surface area contributed by atoms with Crippen molar-refractivity contribution in [2.75, 3.05) is 36.7 Å². The zero-order valence-electron chi connectivity index (χ0n) is 15.4. The Labute approximate surface area is 158 Å². The topological polar surface area (TPSA) is 79.4 Å². The van der Waals surface area contributed by atoms with Crippen LogP contribution >= 0.6 is 0 Å². The standard InChI is InChI=1S/C20H21N5O2/c1-25(2)16-8-4-15(5-9-16)24-20(26)18-12-19(22-13-21-18)23-14-6-10-17(27-3)11-7-14/h4-13H,1-3H3,(H,24,26)(H,21,22,23). The highest BCUT2D eigenvalue weighted by Crippen LogP contribution is 2.19. The van der Waals surface area contributed by atoms with Gasteiger partial charge in [-0.15, -0.1) is 0 Å². The van der Waals surface area contributed by atoms with E-state index in [4.69, 9.17) is 4.74 Å². The molecule has 0 saturated carbocycles. The third kappa shape index (κ3) is 4.72. The van der Waals surface area contributed by atoms with Crippen LogP contribution in [0.15, 0.2) is 60.9 Å². The van der Waals surface area contributed by atoms with Gasteiger partial charge in [0.2, 0.25) is 0 Å². The molecule has 7 heteroatoms. The molecule has 7 nitrogen and oxygen atoms in total. The fourth-order valence-electron chi connectivity index (χ4n) is 2.41. The first kappa shape index (κ1) is 18.2. The summed E-state index contributed by atoms with van der Waals surface area (Å²) >= 11 is 0. The zero-order chi connectivity index (χ0) is 19.2. The predicted molar refractivity (Wildman–Crippen MR) is 107 cm³/mol. The third-order valence-electron chi connectivity index (χ3n) is 3.90. The van der Waals surface area contributed by atoms with Gasteiger partial charge in [0, 0.05) is 37.2 Å². The summed E-state index contributed by atoms with van der Waals surface area (Å²) in [6, 6.07) is 16.6. The zero-order valence-corrected chi connectivity index (χ0v) is 15.4. The molecule has 2 N–H and O–H groups in total. The number of ether oxygens (including phenoxy) is 1. The first-order valence-corrected chi connectivity index (χ1v) is 8.37. The van der Waals surface area contributed by atoms with E-state index in [2.05, 4.69) is 20.6 Å². The van der Waals surface area contributed by atoms with Gasteiger partial charge in [-0.25, -0.2) is 9.97 Å². The molecule has 1 aromatic heterocycles. The number of carbonyl (C=O) groups is 1. The van der Waals surface area contributed by atoms with Gasteiger partial charge in [0.1, 0.15) is 23.6 Å². The molecule has 0 unspecified atom stereocenters. The van der Waals surface area contributed by atoms with Crippen molar-refractivity contribution in [3.8, 4) is 5.75 Å². The summed E-state index contributed by atoms with van der Waals surface area (Å²) in [5.74, 6) is 1.000. The van der Waals surface area contributed by atoms with Crippen molar-refractivity contribution in [3.05, 3.63) is 66.6 Å². The van der Waals surface area contributed by atoms with E-state index in [-0.39, 0.29) is 11.6 Å². The van der Waals surface area contributed by atoms with Gasteiger partial charge in [-0.3, -0.25) is 4.79 Å². The van der Waals surface area contributed by atoms with E-state index < -0.39 is 0 Å². The summed E-state index contributed by atoms with van der Waals surface area (Å²) in [4.78, 5) is 22.7. The van der Waals surface area contributed by atoms with E-state index in [1.807, 2.05) is 67.5 Å². The van der Waals surface area contributed by atoms with Crippen LogP contribution < -0.4 is 20.3 Å². The van der Waals surface area contributed by atoms with Gasteiger partial charge in [0.25, 0.3) is 5.91 Å². The van der Waals surface area contributed by atoms with E-state index in [0.717, 1.165) is 17.1 Å². The SMILES string of the molecule is COc1ccc(Nc2cc(C(=O)Nc3ccc(N(C)C)cc3)ncn2)cc1. The van der Waals surface area contributed by atoms with Crippen molar-refractivity contribution in [1.29, 1.82) is 0 Å². The largest absolute Gasteiger partial charge is 0.497 e. The molecule has 0 spiro atoms. The van der Waals surface area contributed by atoms with E-state index in [1.165, 1.54) is 6.33 Å². The van der Waals surface area contributed by atoms with Gasteiger partial charge in [0.15, 0.2) is 0 Å². The lowest BCUT2D eigenvalue weighted by Crippen LogP contribution is -2.14. The van der Waals surface area contributed by atoms with E-state index >= 15 is 0 Å². The first-order chi connectivity index (χ1) is 13.0. The van der Waals surface area contributed by atoms with Crippen LogP contribution in [0, 0.1) is 0 Å². The third-order valence-corrected chi connectivity index (χ3v) is 3.90. The molecule has 0 aliphatic heterocycles. The highest BCUT2D eigenvalue weighted by Gasteiger charge is 2.10. The lowest BCUT2D eigenvalue weighted by molar-refractivity contribution is 0.102. The Bertz CT molecular complexity index is 908. The number of aromatic nitrogens is 2. The number of nitrogens with one attached hydrogen (secondary N) is 2. The lowest BCUT2D eigenvalue weighted by atomic mass is 10.2. The highest BCUT2D eigenvalue weighted by atomic mass is 16.5. The minimum absolute atomic E-state index is 0.276. The van der Waals surface area contributed by atoms with Crippen molar-refractivity contribution in [1.82, 2.24) is 9.97 Å². The summed E-state index contributed by atoms with van der Waals surface area (Å²) in [6.45, 7) is 0. The van der Waals surface area contributed by atoms with Crippen LogP contribution in [-0.2, 0) is 0 Å². The van der Waals surface area contributed by atoms with Crippen molar-refractivity contribution >= 4 is 28.8 Å². The van der Waals surface area contributed by atoms with Gasteiger partial charge in [-0.1, -0.05) is 0 Å². The van der Waals surface area contributed by atoms with Crippen molar-refractivity contribution in [2.24, 2.45) is 0 Å².